The van der Waals surface area contributed by atoms with E-state index in [1.165, 1.54) is 10.5 Å². The van der Waals surface area contributed by atoms with Gasteiger partial charge in [0.15, 0.2) is 0 Å². The van der Waals surface area contributed by atoms with Crippen molar-refractivity contribution in [2.24, 2.45) is 0 Å². The van der Waals surface area contributed by atoms with E-state index in [1.807, 2.05) is 11.9 Å². The summed E-state index contributed by atoms with van der Waals surface area (Å²) >= 11 is 1.63. The molecule has 1 aromatic rings. The number of nitrogens with zero attached hydrogens (tertiary/aromatic N) is 2. The van der Waals surface area contributed by atoms with Gasteiger partial charge in [0.05, 0.1) is 5.75 Å². The second-order valence-electron chi connectivity index (χ2n) is 5.15. The fourth-order valence-electron chi connectivity index (χ4n) is 2.24. The minimum absolute atomic E-state index is 0.252. The van der Waals surface area contributed by atoms with Gasteiger partial charge in [0, 0.05) is 37.6 Å². The van der Waals surface area contributed by atoms with Gasteiger partial charge in [-0.2, -0.15) is 0 Å². The van der Waals surface area contributed by atoms with E-state index in [9.17, 15) is 4.79 Å². The third kappa shape index (κ3) is 4.51. The summed E-state index contributed by atoms with van der Waals surface area (Å²) < 4.78 is 0. The van der Waals surface area contributed by atoms with Gasteiger partial charge >= 0.3 is 0 Å². The highest BCUT2D eigenvalue weighted by Crippen LogP contribution is 2.20. The molecule has 5 heteroatoms. The van der Waals surface area contributed by atoms with Gasteiger partial charge in [-0.3, -0.25) is 4.79 Å². The lowest BCUT2D eigenvalue weighted by Crippen LogP contribution is -2.47. The molecule has 0 radical (unpaired) electrons. The van der Waals surface area contributed by atoms with Crippen LogP contribution < -0.4 is 5.32 Å². The van der Waals surface area contributed by atoms with Gasteiger partial charge in [-0.05, 0) is 31.8 Å². The number of hydrogen-bond donors (Lipinski definition) is 1. The standard InChI is InChI=1S/C15H23N3OS/c1-16-11-13-4-3-5-14(10-13)20-12-15(19)18-8-6-17(2)7-9-18/h3-5,10,16H,6-9,11-12H2,1-2H3. The van der Waals surface area contributed by atoms with Crippen molar-refractivity contribution in [3.8, 4) is 0 Å². The molecule has 1 aliphatic rings. The molecule has 20 heavy (non-hydrogen) atoms. The molecule has 1 aromatic carbocycles. The summed E-state index contributed by atoms with van der Waals surface area (Å²) in [6, 6.07) is 8.37. The van der Waals surface area contributed by atoms with Crippen LogP contribution in [-0.4, -0.2) is 61.7 Å². The van der Waals surface area contributed by atoms with Crippen LogP contribution in [0.15, 0.2) is 29.2 Å². The molecular formula is C15H23N3OS. The number of carbonyl (C=O) groups excluding carboxylic acids is 1. The van der Waals surface area contributed by atoms with Gasteiger partial charge in [-0.1, -0.05) is 12.1 Å². The zero-order valence-corrected chi connectivity index (χ0v) is 13.1. The first-order valence-electron chi connectivity index (χ1n) is 7.01. The second-order valence-corrected chi connectivity index (χ2v) is 6.20. The minimum atomic E-state index is 0.252. The molecule has 2 rings (SSSR count). The van der Waals surface area contributed by atoms with Crippen LogP contribution in [0.3, 0.4) is 0 Å². The molecule has 0 atom stereocenters. The number of rotatable bonds is 5. The molecule has 0 spiro atoms. The van der Waals surface area contributed by atoms with E-state index in [4.69, 9.17) is 0 Å². The van der Waals surface area contributed by atoms with Crippen molar-refractivity contribution in [3.05, 3.63) is 29.8 Å². The van der Waals surface area contributed by atoms with E-state index in [-0.39, 0.29) is 5.91 Å². The maximum absolute atomic E-state index is 12.2. The highest BCUT2D eigenvalue weighted by Gasteiger charge is 2.18. The molecule has 4 nitrogen and oxygen atoms in total. The van der Waals surface area contributed by atoms with Crippen molar-refractivity contribution in [2.75, 3.05) is 46.0 Å². The third-order valence-corrected chi connectivity index (χ3v) is 4.48. The number of likely N-dealkylation sites (N-methyl/N-ethyl adjacent to an activating group) is 1. The van der Waals surface area contributed by atoms with Gasteiger partial charge in [0.1, 0.15) is 0 Å². The van der Waals surface area contributed by atoms with Crippen LogP contribution in [0.25, 0.3) is 0 Å². The predicted octanol–water partition coefficient (Wildman–Crippen LogP) is 1.27. The van der Waals surface area contributed by atoms with Gasteiger partial charge in [-0.15, -0.1) is 11.8 Å². The number of nitrogens with one attached hydrogen (secondary N) is 1. The predicted molar refractivity (Wildman–Crippen MR) is 84.0 cm³/mol. The molecule has 1 saturated heterocycles. The zero-order chi connectivity index (χ0) is 14.4. The van der Waals surface area contributed by atoms with E-state index in [0.717, 1.165) is 32.7 Å². The van der Waals surface area contributed by atoms with Crippen LogP contribution in [0.1, 0.15) is 5.56 Å². The summed E-state index contributed by atoms with van der Waals surface area (Å²) in [5.74, 6) is 0.786. The van der Waals surface area contributed by atoms with Crippen molar-refractivity contribution in [1.29, 1.82) is 0 Å². The normalized spacial score (nSPS) is 16.4. The topological polar surface area (TPSA) is 35.6 Å². The molecule has 1 heterocycles. The number of piperazine rings is 1. The van der Waals surface area contributed by atoms with E-state index < -0.39 is 0 Å². The summed E-state index contributed by atoms with van der Waals surface area (Å²) in [6.07, 6.45) is 0. The molecule has 0 aliphatic carbocycles. The van der Waals surface area contributed by atoms with Crippen LogP contribution in [0, 0.1) is 0 Å². The molecule has 0 bridgehead atoms. The second kappa shape index (κ2) is 7.67. The van der Waals surface area contributed by atoms with Crippen molar-refractivity contribution < 1.29 is 4.79 Å². The lowest BCUT2D eigenvalue weighted by atomic mass is 10.2. The summed E-state index contributed by atoms with van der Waals surface area (Å²) in [6.45, 7) is 4.54. The van der Waals surface area contributed by atoms with Crippen LogP contribution in [0.5, 0.6) is 0 Å². The molecule has 110 valence electrons. The average Bonchev–Trinajstić information content (AvgIpc) is 2.46. The number of benzene rings is 1. The van der Waals surface area contributed by atoms with Gasteiger partial charge in [0.25, 0.3) is 0 Å². The molecule has 1 amide bonds. The molecule has 0 unspecified atom stereocenters. The van der Waals surface area contributed by atoms with Crippen molar-refractivity contribution in [2.45, 2.75) is 11.4 Å². The fourth-order valence-corrected chi connectivity index (χ4v) is 3.12. The molecule has 0 saturated carbocycles. The van der Waals surface area contributed by atoms with E-state index in [2.05, 4.69) is 41.5 Å². The van der Waals surface area contributed by atoms with E-state index in [0.29, 0.717) is 5.75 Å². The third-order valence-electron chi connectivity index (χ3n) is 3.50. The quantitative estimate of drug-likeness (QED) is 0.830. The van der Waals surface area contributed by atoms with Crippen molar-refractivity contribution in [3.63, 3.8) is 0 Å². The molecule has 1 fully saturated rings. The van der Waals surface area contributed by atoms with Crippen molar-refractivity contribution in [1.82, 2.24) is 15.1 Å². The fraction of sp³-hybridized carbons (Fsp3) is 0.533. The Hall–Kier alpha value is -1.04. The lowest BCUT2D eigenvalue weighted by Gasteiger charge is -2.32. The maximum atomic E-state index is 12.2. The zero-order valence-electron chi connectivity index (χ0n) is 12.3. The Morgan fingerprint density at radius 3 is 2.75 bits per heavy atom. The Kier molecular flexibility index (Phi) is 5.88. The number of carbonyl (C=O) groups is 1. The van der Waals surface area contributed by atoms with Crippen LogP contribution in [-0.2, 0) is 11.3 Å². The summed E-state index contributed by atoms with van der Waals surface area (Å²) in [5.41, 5.74) is 1.25. The number of amides is 1. The summed E-state index contributed by atoms with van der Waals surface area (Å²) in [5, 5.41) is 3.14. The largest absolute Gasteiger partial charge is 0.339 e. The first-order valence-corrected chi connectivity index (χ1v) is 8.00. The Morgan fingerprint density at radius 1 is 1.30 bits per heavy atom. The Morgan fingerprint density at radius 2 is 2.05 bits per heavy atom. The van der Waals surface area contributed by atoms with Gasteiger partial charge in [0.2, 0.25) is 5.91 Å². The Labute approximate surface area is 125 Å². The average molecular weight is 293 g/mol. The summed E-state index contributed by atoms with van der Waals surface area (Å²) in [4.78, 5) is 17.6. The smallest absolute Gasteiger partial charge is 0.233 e. The Balaban J connectivity index is 1.82. The molecule has 1 N–H and O–H groups in total. The van der Waals surface area contributed by atoms with Gasteiger partial charge < -0.3 is 15.1 Å². The molecule has 1 aliphatic heterocycles. The molecule has 0 aromatic heterocycles. The Bertz CT molecular complexity index is 444. The first kappa shape index (κ1) is 15.4. The first-order chi connectivity index (χ1) is 9.69. The molecular weight excluding hydrogens is 270 g/mol. The minimum Gasteiger partial charge on any atom is -0.339 e. The highest BCUT2D eigenvalue weighted by molar-refractivity contribution is 8.00. The number of hydrogen-bond acceptors (Lipinski definition) is 4. The highest BCUT2D eigenvalue weighted by atomic mass is 32.2. The number of thioether (sulfide) groups is 1. The lowest BCUT2D eigenvalue weighted by molar-refractivity contribution is -0.129. The van der Waals surface area contributed by atoms with Gasteiger partial charge in [-0.25, -0.2) is 0 Å². The van der Waals surface area contributed by atoms with E-state index >= 15 is 0 Å². The maximum Gasteiger partial charge on any atom is 0.233 e. The summed E-state index contributed by atoms with van der Waals surface area (Å²) in [7, 11) is 4.04. The van der Waals surface area contributed by atoms with Crippen LogP contribution in [0.2, 0.25) is 0 Å². The van der Waals surface area contributed by atoms with Crippen molar-refractivity contribution >= 4 is 17.7 Å². The van der Waals surface area contributed by atoms with Crippen LogP contribution >= 0.6 is 11.8 Å². The van der Waals surface area contributed by atoms with E-state index in [1.54, 1.807) is 11.8 Å². The van der Waals surface area contributed by atoms with Crippen LogP contribution in [0.4, 0.5) is 0 Å². The monoisotopic (exact) mass is 293 g/mol. The SMILES string of the molecule is CNCc1cccc(SCC(=O)N2CCN(C)CC2)c1.